The van der Waals surface area contributed by atoms with Crippen LogP contribution in [0.25, 0.3) is 0 Å². The van der Waals surface area contributed by atoms with Gasteiger partial charge in [-0.05, 0) is 44.5 Å². The summed E-state index contributed by atoms with van der Waals surface area (Å²) in [6.45, 7) is 6.34. The summed E-state index contributed by atoms with van der Waals surface area (Å²) in [6.07, 6.45) is 3.13. The third kappa shape index (κ3) is 3.92. The summed E-state index contributed by atoms with van der Waals surface area (Å²) in [6, 6.07) is 8.38. The standard InChI is InChI=1S/C15H25NOS/c1-5-8-14(16-4)15(6-2)18(17)13-10-7-9-12(3)11-13/h7,9-11,14-16H,5-6,8H2,1-4H3. The van der Waals surface area contributed by atoms with Gasteiger partial charge in [0.2, 0.25) is 0 Å². The molecule has 3 atom stereocenters. The van der Waals surface area contributed by atoms with Crippen LogP contribution in [0.2, 0.25) is 0 Å². The third-order valence-electron chi connectivity index (χ3n) is 3.32. The maximum Gasteiger partial charge on any atom is 0.0576 e. The van der Waals surface area contributed by atoms with Gasteiger partial charge in [0.25, 0.3) is 0 Å². The summed E-state index contributed by atoms with van der Waals surface area (Å²) in [5.41, 5.74) is 1.17. The van der Waals surface area contributed by atoms with Crippen LogP contribution in [-0.4, -0.2) is 22.5 Å². The Bertz CT molecular complexity index is 392. The highest BCUT2D eigenvalue weighted by molar-refractivity contribution is 7.85. The van der Waals surface area contributed by atoms with E-state index < -0.39 is 10.8 Å². The van der Waals surface area contributed by atoms with Gasteiger partial charge in [-0.3, -0.25) is 4.21 Å². The normalized spacial score (nSPS) is 16.2. The van der Waals surface area contributed by atoms with Crippen molar-refractivity contribution in [3.05, 3.63) is 29.8 Å². The van der Waals surface area contributed by atoms with Crippen LogP contribution in [0.4, 0.5) is 0 Å². The van der Waals surface area contributed by atoms with Gasteiger partial charge in [0.1, 0.15) is 0 Å². The molecule has 0 saturated heterocycles. The first-order valence-corrected chi connectivity index (χ1v) is 7.99. The molecule has 0 saturated carbocycles. The Hall–Kier alpha value is -0.670. The van der Waals surface area contributed by atoms with Crippen molar-refractivity contribution in [2.24, 2.45) is 0 Å². The molecular weight excluding hydrogens is 242 g/mol. The Kier molecular flexibility index (Phi) is 6.58. The zero-order valence-corrected chi connectivity index (χ0v) is 12.7. The fourth-order valence-corrected chi connectivity index (χ4v) is 4.07. The smallest absolute Gasteiger partial charge is 0.0576 e. The molecule has 0 aromatic heterocycles. The van der Waals surface area contributed by atoms with Crippen molar-refractivity contribution in [2.45, 2.75) is 56.2 Å². The van der Waals surface area contributed by atoms with E-state index in [0.29, 0.717) is 6.04 Å². The van der Waals surface area contributed by atoms with Crippen molar-refractivity contribution >= 4 is 10.8 Å². The molecule has 1 N–H and O–H groups in total. The molecule has 0 spiro atoms. The average molecular weight is 267 g/mol. The molecular formula is C15H25NOS. The second-order valence-electron chi connectivity index (χ2n) is 4.74. The SMILES string of the molecule is CCCC(NC)C(CC)S(=O)c1cccc(C)c1. The van der Waals surface area contributed by atoms with Crippen LogP contribution in [0.1, 0.15) is 38.7 Å². The molecule has 0 bridgehead atoms. The van der Waals surface area contributed by atoms with Crippen molar-refractivity contribution in [2.75, 3.05) is 7.05 Å². The molecule has 0 aliphatic heterocycles. The molecule has 1 aromatic carbocycles. The van der Waals surface area contributed by atoms with Crippen LogP contribution in [-0.2, 0) is 10.8 Å². The van der Waals surface area contributed by atoms with Crippen LogP contribution in [0, 0.1) is 6.92 Å². The maximum absolute atomic E-state index is 12.7. The van der Waals surface area contributed by atoms with Crippen molar-refractivity contribution in [1.29, 1.82) is 0 Å². The minimum absolute atomic E-state index is 0.191. The van der Waals surface area contributed by atoms with Gasteiger partial charge in [0.05, 0.1) is 16.0 Å². The van der Waals surface area contributed by atoms with Gasteiger partial charge in [-0.15, -0.1) is 0 Å². The number of hydrogen-bond donors (Lipinski definition) is 1. The fraction of sp³-hybridized carbons (Fsp3) is 0.600. The molecule has 0 amide bonds. The number of benzene rings is 1. The zero-order chi connectivity index (χ0) is 13.5. The second kappa shape index (κ2) is 7.70. The molecule has 18 heavy (non-hydrogen) atoms. The monoisotopic (exact) mass is 267 g/mol. The Morgan fingerprint density at radius 1 is 1.33 bits per heavy atom. The average Bonchev–Trinajstić information content (AvgIpc) is 2.38. The molecule has 0 radical (unpaired) electrons. The van der Waals surface area contributed by atoms with E-state index in [1.54, 1.807) is 0 Å². The highest BCUT2D eigenvalue weighted by Gasteiger charge is 2.24. The largest absolute Gasteiger partial charge is 0.316 e. The summed E-state index contributed by atoms with van der Waals surface area (Å²) >= 11 is 0. The molecule has 1 rings (SSSR count). The summed E-state index contributed by atoms with van der Waals surface area (Å²) in [5.74, 6) is 0. The molecule has 0 fully saturated rings. The minimum atomic E-state index is -0.925. The van der Waals surface area contributed by atoms with Gasteiger partial charge in [0.15, 0.2) is 0 Å². The molecule has 3 heteroatoms. The first-order valence-electron chi connectivity index (χ1n) is 6.78. The lowest BCUT2D eigenvalue weighted by molar-refractivity contribution is 0.481. The highest BCUT2D eigenvalue weighted by atomic mass is 32.2. The maximum atomic E-state index is 12.7. The Morgan fingerprint density at radius 2 is 2.06 bits per heavy atom. The zero-order valence-electron chi connectivity index (χ0n) is 11.9. The number of rotatable bonds is 7. The van der Waals surface area contributed by atoms with Crippen LogP contribution in [0.5, 0.6) is 0 Å². The summed E-state index contributed by atoms with van der Waals surface area (Å²) in [4.78, 5) is 0.957. The summed E-state index contributed by atoms with van der Waals surface area (Å²) in [7, 11) is 1.04. The van der Waals surface area contributed by atoms with E-state index in [2.05, 4.69) is 19.2 Å². The van der Waals surface area contributed by atoms with Crippen LogP contribution < -0.4 is 5.32 Å². The van der Waals surface area contributed by atoms with E-state index in [1.807, 2.05) is 38.2 Å². The second-order valence-corrected chi connectivity index (χ2v) is 6.42. The molecule has 0 aliphatic rings. The van der Waals surface area contributed by atoms with E-state index >= 15 is 0 Å². The molecule has 3 unspecified atom stereocenters. The Balaban J connectivity index is 2.90. The predicted octanol–water partition coefficient (Wildman–Crippen LogP) is 3.27. The van der Waals surface area contributed by atoms with Crippen LogP contribution >= 0.6 is 0 Å². The van der Waals surface area contributed by atoms with E-state index in [0.717, 1.165) is 24.2 Å². The number of aryl methyl sites for hydroxylation is 1. The van der Waals surface area contributed by atoms with Crippen molar-refractivity contribution in [3.8, 4) is 0 Å². The van der Waals surface area contributed by atoms with Gasteiger partial charge >= 0.3 is 0 Å². The summed E-state index contributed by atoms with van der Waals surface area (Å²) < 4.78 is 12.7. The number of nitrogens with one attached hydrogen (secondary N) is 1. The van der Waals surface area contributed by atoms with E-state index in [-0.39, 0.29) is 5.25 Å². The van der Waals surface area contributed by atoms with E-state index in [9.17, 15) is 4.21 Å². The fourth-order valence-electron chi connectivity index (χ4n) is 2.33. The molecule has 102 valence electrons. The van der Waals surface area contributed by atoms with Gasteiger partial charge in [-0.1, -0.05) is 32.4 Å². The first-order chi connectivity index (χ1) is 8.63. The topological polar surface area (TPSA) is 29.1 Å². The third-order valence-corrected chi connectivity index (χ3v) is 5.25. The van der Waals surface area contributed by atoms with Crippen molar-refractivity contribution in [1.82, 2.24) is 5.32 Å². The molecule has 0 aliphatic carbocycles. The lowest BCUT2D eigenvalue weighted by Crippen LogP contribution is -2.39. The van der Waals surface area contributed by atoms with Crippen molar-refractivity contribution < 1.29 is 4.21 Å². The molecule has 1 aromatic rings. The van der Waals surface area contributed by atoms with Crippen LogP contribution in [0.3, 0.4) is 0 Å². The predicted molar refractivity (Wildman–Crippen MR) is 79.4 cm³/mol. The first kappa shape index (κ1) is 15.4. The lowest BCUT2D eigenvalue weighted by atomic mass is 10.1. The van der Waals surface area contributed by atoms with E-state index in [4.69, 9.17) is 0 Å². The molecule has 2 nitrogen and oxygen atoms in total. The Labute approximate surface area is 114 Å². The van der Waals surface area contributed by atoms with Gasteiger partial charge in [0, 0.05) is 10.9 Å². The lowest BCUT2D eigenvalue weighted by Gasteiger charge is -2.25. The summed E-state index contributed by atoms with van der Waals surface area (Å²) in [5, 5.41) is 3.52. The van der Waals surface area contributed by atoms with Gasteiger partial charge in [-0.2, -0.15) is 0 Å². The van der Waals surface area contributed by atoms with Gasteiger partial charge in [-0.25, -0.2) is 0 Å². The van der Waals surface area contributed by atoms with Crippen molar-refractivity contribution in [3.63, 3.8) is 0 Å². The van der Waals surface area contributed by atoms with Gasteiger partial charge < -0.3 is 5.32 Å². The van der Waals surface area contributed by atoms with Crippen LogP contribution in [0.15, 0.2) is 29.2 Å². The quantitative estimate of drug-likeness (QED) is 0.821. The number of hydrogen-bond acceptors (Lipinski definition) is 2. The Morgan fingerprint density at radius 3 is 2.56 bits per heavy atom. The minimum Gasteiger partial charge on any atom is -0.316 e. The van der Waals surface area contributed by atoms with E-state index in [1.165, 1.54) is 5.56 Å². The highest BCUT2D eigenvalue weighted by Crippen LogP contribution is 2.20. The molecule has 0 heterocycles.